The van der Waals surface area contributed by atoms with E-state index in [1.165, 1.54) is 16.9 Å². The maximum Gasteiger partial charge on any atom is 0.243 e. The third-order valence-corrected chi connectivity index (χ3v) is 4.90. The molecule has 1 aromatic heterocycles. The standard InChI is InChI=1S/C16H17N3O3S/c20-11-6-12(17-7-11)15(21)19-16-18-13(8-23-16)9-1-2-14-10(5-9)3-4-22-14/h1-2,5,8,11-12,17,20H,3-4,6-7H2,(H,18,19,21). The van der Waals surface area contributed by atoms with Crippen molar-refractivity contribution < 1.29 is 14.6 Å². The Morgan fingerprint density at radius 2 is 2.39 bits per heavy atom. The molecule has 2 unspecified atom stereocenters. The number of aromatic nitrogens is 1. The first-order chi connectivity index (χ1) is 11.2. The zero-order valence-corrected chi connectivity index (χ0v) is 13.2. The highest BCUT2D eigenvalue weighted by molar-refractivity contribution is 7.14. The molecule has 120 valence electrons. The van der Waals surface area contributed by atoms with Gasteiger partial charge in [0.1, 0.15) is 5.75 Å². The predicted octanol–water partition coefficient (Wildman–Crippen LogP) is 1.41. The summed E-state index contributed by atoms with van der Waals surface area (Å²) in [6.07, 6.45) is 0.910. The third kappa shape index (κ3) is 2.95. The molecular formula is C16H17N3O3S. The highest BCUT2D eigenvalue weighted by Crippen LogP contribution is 2.32. The Labute approximate surface area is 137 Å². The van der Waals surface area contributed by atoms with E-state index in [1.807, 2.05) is 17.5 Å². The molecule has 0 saturated carbocycles. The number of ether oxygens (including phenoxy) is 1. The van der Waals surface area contributed by atoms with Gasteiger partial charge in [-0.2, -0.15) is 0 Å². The molecular weight excluding hydrogens is 314 g/mol. The van der Waals surface area contributed by atoms with Crippen LogP contribution in [0.15, 0.2) is 23.6 Å². The van der Waals surface area contributed by atoms with Crippen molar-refractivity contribution in [3.63, 3.8) is 0 Å². The van der Waals surface area contributed by atoms with E-state index < -0.39 is 6.10 Å². The number of carbonyl (C=O) groups excluding carboxylic acids is 1. The predicted molar refractivity (Wildman–Crippen MR) is 87.8 cm³/mol. The minimum Gasteiger partial charge on any atom is -0.493 e. The summed E-state index contributed by atoms with van der Waals surface area (Å²) in [4.78, 5) is 16.6. The lowest BCUT2D eigenvalue weighted by atomic mass is 10.1. The molecule has 0 bridgehead atoms. The van der Waals surface area contributed by atoms with Crippen molar-refractivity contribution >= 4 is 22.4 Å². The van der Waals surface area contributed by atoms with Gasteiger partial charge in [0.2, 0.25) is 5.91 Å². The van der Waals surface area contributed by atoms with E-state index in [2.05, 4.69) is 21.7 Å². The summed E-state index contributed by atoms with van der Waals surface area (Å²) in [6, 6.07) is 5.70. The number of rotatable bonds is 3. The normalized spacial score (nSPS) is 22.7. The number of amides is 1. The van der Waals surface area contributed by atoms with Gasteiger partial charge >= 0.3 is 0 Å². The lowest BCUT2D eigenvalue weighted by molar-refractivity contribution is -0.117. The maximum absolute atomic E-state index is 12.1. The van der Waals surface area contributed by atoms with Gasteiger partial charge in [0.05, 0.1) is 24.4 Å². The average Bonchev–Trinajstić information content (AvgIpc) is 3.26. The molecule has 0 aliphatic carbocycles. The Balaban J connectivity index is 1.47. The largest absolute Gasteiger partial charge is 0.493 e. The number of nitrogens with zero attached hydrogens (tertiary/aromatic N) is 1. The molecule has 3 N–H and O–H groups in total. The van der Waals surface area contributed by atoms with Crippen LogP contribution >= 0.6 is 11.3 Å². The van der Waals surface area contributed by atoms with Crippen LogP contribution in [-0.4, -0.2) is 41.3 Å². The van der Waals surface area contributed by atoms with Crippen molar-refractivity contribution in [2.75, 3.05) is 18.5 Å². The van der Waals surface area contributed by atoms with Crippen LogP contribution in [0.3, 0.4) is 0 Å². The number of anilines is 1. The second kappa shape index (κ2) is 5.92. The number of hydrogen-bond acceptors (Lipinski definition) is 6. The molecule has 0 radical (unpaired) electrons. The molecule has 0 spiro atoms. The van der Waals surface area contributed by atoms with E-state index in [0.29, 0.717) is 18.1 Å². The van der Waals surface area contributed by atoms with Gasteiger partial charge in [-0.15, -0.1) is 11.3 Å². The van der Waals surface area contributed by atoms with E-state index in [4.69, 9.17) is 4.74 Å². The number of β-amino-alcohol motifs (C(OH)–C–C–N with tert-alkyl or cyclic N) is 1. The Morgan fingerprint density at radius 1 is 1.48 bits per heavy atom. The molecule has 1 amide bonds. The van der Waals surface area contributed by atoms with Crippen molar-refractivity contribution in [3.05, 3.63) is 29.1 Å². The molecule has 2 atom stereocenters. The smallest absolute Gasteiger partial charge is 0.243 e. The van der Waals surface area contributed by atoms with Crippen LogP contribution < -0.4 is 15.4 Å². The highest BCUT2D eigenvalue weighted by atomic mass is 32.1. The quantitative estimate of drug-likeness (QED) is 0.792. The molecule has 4 rings (SSSR count). The van der Waals surface area contributed by atoms with Crippen LogP contribution in [0.5, 0.6) is 5.75 Å². The lowest BCUT2D eigenvalue weighted by Gasteiger charge is -2.08. The number of carbonyl (C=O) groups is 1. The number of fused-ring (bicyclic) bond motifs is 1. The van der Waals surface area contributed by atoms with E-state index in [-0.39, 0.29) is 11.9 Å². The summed E-state index contributed by atoms with van der Waals surface area (Å²) in [7, 11) is 0. The fourth-order valence-corrected chi connectivity index (χ4v) is 3.64. The molecule has 2 aliphatic rings. The number of aliphatic hydroxyl groups excluding tert-OH is 1. The monoisotopic (exact) mass is 331 g/mol. The van der Waals surface area contributed by atoms with Gasteiger partial charge in [-0.25, -0.2) is 4.98 Å². The Morgan fingerprint density at radius 3 is 3.22 bits per heavy atom. The second-order valence-electron chi connectivity index (χ2n) is 5.80. The zero-order valence-electron chi connectivity index (χ0n) is 12.4. The molecule has 1 fully saturated rings. The summed E-state index contributed by atoms with van der Waals surface area (Å²) in [5.74, 6) is 0.799. The number of thiazole rings is 1. The maximum atomic E-state index is 12.1. The third-order valence-electron chi connectivity index (χ3n) is 4.14. The molecule has 23 heavy (non-hydrogen) atoms. The van der Waals surface area contributed by atoms with E-state index in [0.717, 1.165) is 30.0 Å². The summed E-state index contributed by atoms with van der Waals surface area (Å²) < 4.78 is 5.51. The molecule has 1 saturated heterocycles. The SMILES string of the molecule is O=C(Nc1nc(-c2ccc3c(c2)CCO3)cs1)C1CC(O)CN1. The molecule has 7 heteroatoms. The first-order valence-corrected chi connectivity index (χ1v) is 8.51. The number of benzene rings is 1. The van der Waals surface area contributed by atoms with Gasteiger partial charge in [0, 0.05) is 23.9 Å². The Kier molecular flexibility index (Phi) is 3.76. The van der Waals surface area contributed by atoms with Crippen LogP contribution in [0, 0.1) is 0 Å². The summed E-state index contributed by atoms with van der Waals surface area (Å²) in [5.41, 5.74) is 3.07. The van der Waals surface area contributed by atoms with Crippen molar-refractivity contribution in [1.82, 2.24) is 10.3 Å². The van der Waals surface area contributed by atoms with Crippen LogP contribution in [0.25, 0.3) is 11.3 Å². The summed E-state index contributed by atoms with van der Waals surface area (Å²) in [5, 5.41) is 17.8. The van der Waals surface area contributed by atoms with Crippen molar-refractivity contribution in [1.29, 1.82) is 0 Å². The lowest BCUT2D eigenvalue weighted by Crippen LogP contribution is -2.35. The molecule has 1 aromatic carbocycles. The zero-order chi connectivity index (χ0) is 15.8. The first-order valence-electron chi connectivity index (χ1n) is 7.63. The fraction of sp³-hybridized carbons (Fsp3) is 0.375. The fourth-order valence-electron chi connectivity index (χ4n) is 2.92. The van der Waals surface area contributed by atoms with Crippen LogP contribution in [-0.2, 0) is 11.2 Å². The van der Waals surface area contributed by atoms with Crippen LogP contribution in [0.1, 0.15) is 12.0 Å². The Bertz CT molecular complexity index is 746. The van der Waals surface area contributed by atoms with Crippen molar-refractivity contribution in [2.45, 2.75) is 25.0 Å². The number of hydrogen-bond donors (Lipinski definition) is 3. The molecule has 3 heterocycles. The Hall–Kier alpha value is -1.96. The molecule has 6 nitrogen and oxygen atoms in total. The minimum absolute atomic E-state index is 0.148. The number of aliphatic hydroxyl groups is 1. The van der Waals surface area contributed by atoms with Crippen molar-refractivity contribution in [2.24, 2.45) is 0 Å². The van der Waals surface area contributed by atoms with E-state index >= 15 is 0 Å². The summed E-state index contributed by atoms with van der Waals surface area (Å²) in [6.45, 7) is 1.19. The van der Waals surface area contributed by atoms with E-state index in [1.54, 1.807) is 0 Å². The van der Waals surface area contributed by atoms with Gasteiger partial charge in [-0.3, -0.25) is 4.79 Å². The topological polar surface area (TPSA) is 83.5 Å². The van der Waals surface area contributed by atoms with Crippen molar-refractivity contribution in [3.8, 4) is 17.0 Å². The molecule has 2 aromatic rings. The van der Waals surface area contributed by atoms with Gasteiger partial charge in [0.15, 0.2) is 5.13 Å². The van der Waals surface area contributed by atoms with E-state index in [9.17, 15) is 9.90 Å². The average molecular weight is 331 g/mol. The molecule has 2 aliphatic heterocycles. The number of nitrogens with one attached hydrogen (secondary N) is 2. The van der Waals surface area contributed by atoms with Gasteiger partial charge in [-0.05, 0) is 30.2 Å². The first kappa shape index (κ1) is 14.6. The second-order valence-corrected chi connectivity index (χ2v) is 6.66. The summed E-state index contributed by atoms with van der Waals surface area (Å²) >= 11 is 1.40. The minimum atomic E-state index is -0.453. The van der Waals surface area contributed by atoms with Crippen LogP contribution in [0.2, 0.25) is 0 Å². The highest BCUT2D eigenvalue weighted by Gasteiger charge is 2.28. The van der Waals surface area contributed by atoms with Gasteiger partial charge < -0.3 is 20.5 Å². The van der Waals surface area contributed by atoms with Gasteiger partial charge in [0.25, 0.3) is 0 Å². The van der Waals surface area contributed by atoms with Crippen LogP contribution in [0.4, 0.5) is 5.13 Å². The van der Waals surface area contributed by atoms with Gasteiger partial charge in [-0.1, -0.05) is 0 Å².